The van der Waals surface area contributed by atoms with Gasteiger partial charge in [0.2, 0.25) is 0 Å². The highest BCUT2D eigenvalue weighted by Crippen LogP contribution is 2.16. The Morgan fingerprint density at radius 1 is 1.47 bits per heavy atom. The Balaban J connectivity index is 1.95. The molecular formula is C11H13BrFNO2S. The zero-order chi connectivity index (χ0) is 12.5. The molecule has 1 saturated heterocycles. The van der Waals surface area contributed by atoms with Gasteiger partial charge in [0.1, 0.15) is 5.82 Å². The molecule has 1 aliphatic heterocycles. The standard InChI is InChI=1S/C11H13BrFNO2S/c12-9-2-1-8(11(13)5-9)6-14-10-3-4-17(15,16)7-10/h1-2,5,10,14H,3-4,6-7H2. The molecule has 17 heavy (non-hydrogen) atoms. The topological polar surface area (TPSA) is 46.2 Å². The third-order valence-corrected chi connectivity index (χ3v) is 5.09. The summed E-state index contributed by atoms with van der Waals surface area (Å²) in [5.74, 6) is 0.103. The molecule has 1 N–H and O–H groups in total. The summed E-state index contributed by atoms with van der Waals surface area (Å²) in [5, 5.41) is 3.08. The van der Waals surface area contributed by atoms with E-state index in [0.29, 0.717) is 23.0 Å². The molecule has 0 aliphatic carbocycles. The summed E-state index contributed by atoms with van der Waals surface area (Å²) in [6, 6.07) is 4.81. The van der Waals surface area contributed by atoms with Gasteiger partial charge in [-0.3, -0.25) is 0 Å². The van der Waals surface area contributed by atoms with Crippen molar-refractivity contribution in [1.29, 1.82) is 0 Å². The Labute approximate surface area is 108 Å². The Morgan fingerprint density at radius 2 is 2.24 bits per heavy atom. The molecular weight excluding hydrogens is 309 g/mol. The predicted molar refractivity (Wildman–Crippen MR) is 68.0 cm³/mol. The maximum absolute atomic E-state index is 13.5. The van der Waals surface area contributed by atoms with Gasteiger partial charge in [0.25, 0.3) is 0 Å². The second-order valence-electron chi connectivity index (χ2n) is 4.22. The van der Waals surface area contributed by atoms with Crippen molar-refractivity contribution in [3.63, 3.8) is 0 Å². The molecule has 1 aromatic rings. The third-order valence-electron chi connectivity index (χ3n) is 2.83. The van der Waals surface area contributed by atoms with Crippen LogP contribution in [-0.2, 0) is 16.4 Å². The molecule has 6 heteroatoms. The summed E-state index contributed by atoms with van der Waals surface area (Å²) >= 11 is 3.19. The lowest BCUT2D eigenvalue weighted by Gasteiger charge is -2.11. The minimum atomic E-state index is -2.88. The fourth-order valence-electron chi connectivity index (χ4n) is 1.88. The first-order valence-electron chi connectivity index (χ1n) is 5.34. The lowest BCUT2D eigenvalue weighted by molar-refractivity contribution is 0.532. The van der Waals surface area contributed by atoms with Crippen LogP contribution < -0.4 is 5.32 Å². The van der Waals surface area contributed by atoms with Crippen LogP contribution in [0.1, 0.15) is 12.0 Å². The van der Waals surface area contributed by atoms with E-state index in [2.05, 4.69) is 21.2 Å². The second-order valence-corrected chi connectivity index (χ2v) is 7.36. The Hall–Kier alpha value is -0.460. The van der Waals surface area contributed by atoms with E-state index in [1.165, 1.54) is 6.07 Å². The van der Waals surface area contributed by atoms with Crippen LogP contribution in [0.25, 0.3) is 0 Å². The highest BCUT2D eigenvalue weighted by molar-refractivity contribution is 9.10. The summed E-state index contributed by atoms with van der Waals surface area (Å²) in [6.45, 7) is 0.360. The van der Waals surface area contributed by atoms with E-state index in [0.717, 1.165) is 0 Å². The van der Waals surface area contributed by atoms with Gasteiger partial charge in [-0.1, -0.05) is 22.0 Å². The van der Waals surface area contributed by atoms with Gasteiger partial charge in [0.05, 0.1) is 11.5 Å². The van der Waals surface area contributed by atoms with Gasteiger partial charge in [0.15, 0.2) is 9.84 Å². The van der Waals surface area contributed by atoms with E-state index in [1.54, 1.807) is 12.1 Å². The van der Waals surface area contributed by atoms with Crippen LogP contribution in [0.15, 0.2) is 22.7 Å². The highest BCUT2D eigenvalue weighted by Gasteiger charge is 2.27. The lowest BCUT2D eigenvalue weighted by Crippen LogP contribution is -2.29. The lowest BCUT2D eigenvalue weighted by atomic mass is 10.2. The summed E-state index contributed by atoms with van der Waals surface area (Å²) < 4.78 is 36.7. The van der Waals surface area contributed by atoms with Crippen LogP contribution >= 0.6 is 15.9 Å². The molecule has 94 valence electrons. The predicted octanol–water partition coefficient (Wildman–Crippen LogP) is 1.86. The zero-order valence-corrected chi connectivity index (χ0v) is 11.5. The summed E-state index contributed by atoms with van der Waals surface area (Å²) in [5.41, 5.74) is 0.553. The molecule has 0 amide bonds. The Morgan fingerprint density at radius 3 is 2.82 bits per heavy atom. The van der Waals surface area contributed by atoms with Crippen molar-refractivity contribution < 1.29 is 12.8 Å². The summed E-state index contributed by atoms with van der Waals surface area (Å²) in [4.78, 5) is 0. The average molecular weight is 322 g/mol. The number of rotatable bonds is 3. The largest absolute Gasteiger partial charge is 0.309 e. The van der Waals surface area contributed by atoms with Crippen molar-refractivity contribution in [2.75, 3.05) is 11.5 Å². The number of sulfone groups is 1. The first-order chi connectivity index (χ1) is 7.96. The molecule has 0 saturated carbocycles. The molecule has 0 bridgehead atoms. The third kappa shape index (κ3) is 3.50. The van der Waals surface area contributed by atoms with Crippen LogP contribution in [0.2, 0.25) is 0 Å². The molecule has 1 aromatic carbocycles. The van der Waals surface area contributed by atoms with Gasteiger partial charge in [-0.05, 0) is 18.6 Å². The van der Waals surface area contributed by atoms with Gasteiger partial charge >= 0.3 is 0 Å². The maximum atomic E-state index is 13.5. The van der Waals surface area contributed by atoms with Gasteiger partial charge < -0.3 is 5.32 Å². The maximum Gasteiger partial charge on any atom is 0.151 e. The molecule has 0 spiro atoms. The highest BCUT2D eigenvalue weighted by atomic mass is 79.9. The smallest absolute Gasteiger partial charge is 0.151 e. The van der Waals surface area contributed by atoms with E-state index >= 15 is 0 Å². The van der Waals surface area contributed by atoms with Crippen LogP contribution in [0.5, 0.6) is 0 Å². The number of benzene rings is 1. The van der Waals surface area contributed by atoms with E-state index in [4.69, 9.17) is 0 Å². The van der Waals surface area contributed by atoms with Crippen molar-refractivity contribution in [2.45, 2.75) is 19.0 Å². The summed E-state index contributed by atoms with van der Waals surface area (Å²) in [7, 11) is -2.88. The monoisotopic (exact) mass is 321 g/mol. The van der Waals surface area contributed by atoms with E-state index in [9.17, 15) is 12.8 Å². The van der Waals surface area contributed by atoms with Crippen LogP contribution in [0.4, 0.5) is 4.39 Å². The van der Waals surface area contributed by atoms with Gasteiger partial charge in [-0.15, -0.1) is 0 Å². The molecule has 0 radical (unpaired) electrons. The zero-order valence-electron chi connectivity index (χ0n) is 9.12. The Kier molecular flexibility index (Phi) is 3.85. The molecule has 3 nitrogen and oxygen atoms in total. The molecule has 1 unspecified atom stereocenters. The molecule has 1 fully saturated rings. The quantitative estimate of drug-likeness (QED) is 0.924. The van der Waals surface area contributed by atoms with Crippen LogP contribution in [-0.4, -0.2) is 26.0 Å². The van der Waals surface area contributed by atoms with Gasteiger partial charge in [-0.25, -0.2) is 12.8 Å². The van der Waals surface area contributed by atoms with Crippen molar-refractivity contribution >= 4 is 25.8 Å². The summed E-state index contributed by atoms with van der Waals surface area (Å²) in [6.07, 6.45) is 0.612. The first kappa shape index (κ1) is 13.0. The number of hydrogen-bond donors (Lipinski definition) is 1. The van der Waals surface area contributed by atoms with E-state index in [-0.39, 0.29) is 23.4 Å². The molecule has 1 atom stereocenters. The fourth-order valence-corrected chi connectivity index (χ4v) is 3.92. The molecule has 2 rings (SSSR count). The van der Waals surface area contributed by atoms with E-state index < -0.39 is 9.84 Å². The molecule has 1 aliphatic rings. The average Bonchev–Trinajstić information content (AvgIpc) is 2.57. The van der Waals surface area contributed by atoms with Crippen LogP contribution in [0.3, 0.4) is 0 Å². The first-order valence-corrected chi connectivity index (χ1v) is 7.95. The minimum Gasteiger partial charge on any atom is -0.309 e. The van der Waals surface area contributed by atoms with Gasteiger partial charge in [-0.2, -0.15) is 0 Å². The minimum absolute atomic E-state index is 0.0527. The molecule has 1 heterocycles. The normalized spacial score (nSPS) is 22.8. The van der Waals surface area contributed by atoms with Crippen molar-refractivity contribution in [2.24, 2.45) is 0 Å². The van der Waals surface area contributed by atoms with Crippen molar-refractivity contribution in [1.82, 2.24) is 5.32 Å². The number of nitrogens with one attached hydrogen (secondary N) is 1. The van der Waals surface area contributed by atoms with Gasteiger partial charge in [0, 0.05) is 22.6 Å². The number of halogens is 2. The second kappa shape index (κ2) is 5.04. The Bertz CT molecular complexity index is 518. The SMILES string of the molecule is O=S1(=O)CCC(NCc2ccc(Br)cc2F)C1. The van der Waals surface area contributed by atoms with Crippen molar-refractivity contribution in [3.8, 4) is 0 Å². The van der Waals surface area contributed by atoms with Crippen LogP contribution in [0, 0.1) is 5.82 Å². The number of hydrogen-bond acceptors (Lipinski definition) is 3. The fraction of sp³-hybridized carbons (Fsp3) is 0.455. The van der Waals surface area contributed by atoms with E-state index in [1.807, 2.05) is 0 Å². The molecule has 0 aromatic heterocycles. The van der Waals surface area contributed by atoms with Crippen molar-refractivity contribution in [3.05, 3.63) is 34.1 Å².